The Hall–Kier alpha value is -1.55. The zero-order valence-electron chi connectivity index (χ0n) is 7.81. The average Bonchev–Trinajstić information content (AvgIpc) is 2.15. The van der Waals surface area contributed by atoms with Crippen molar-refractivity contribution in [2.24, 2.45) is 5.73 Å². The van der Waals surface area contributed by atoms with Crippen LogP contribution in [-0.2, 0) is 4.79 Å². The van der Waals surface area contributed by atoms with Gasteiger partial charge < -0.3 is 16.6 Å². The van der Waals surface area contributed by atoms with E-state index >= 15 is 0 Å². The molecule has 0 aliphatic heterocycles. The second kappa shape index (κ2) is 4.62. The number of nitrogen functional groups attached to an aromatic ring is 1. The molecule has 1 rings (SSSR count). The molecule has 1 atom stereocenters. The van der Waals surface area contributed by atoms with Crippen molar-refractivity contribution in [3.8, 4) is 0 Å². The zero-order chi connectivity index (χ0) is 10.6. The number of hydrogen-bond acceptors (Lipinski definition) is 3. The van der Waals surface area contributed by atoms with Crippen molar-refractivity contribution < 1.29 is 9.90 Å². The summed E-state index contributed by atoms with van der Waals surface area (Å²) in [6, 6.07) is 6.94. The third-order valence-corrected chi connectivity index (χ3v) is 2.06. The molecule has 4 nitrogen and oxygen atoms in total. The maximum absolute atomic E-state index is 10.3. The highest BCUT2D eigenvalue weighted by atomic mass is 16.4. The molecule has 0 bridgehead atoms. The van der Waals surface area contributed by atoms with Crippen LogP contribution < -0.4 is 11.5 Å². The molecule has 1 aromatic rings. The lowest BCUT2D eigenvalue weighted by atomic mass is 10.0. The quantitative estimate of drug-likeness (QED) is 0.627. The molecule has 1 aromatic carbocycles. The molecule has 0 aromatic heterocycles. The van der Waals surface area contributed by atoms with Crippen LogP contribution in [0.15, 0.2) is 24.3 Å². The number of nitrogens with two attached hydrogens (primary N) is 2. The van der Waals surface area contributed by atoms with E-state index in [1.54, 1.807) is 6.07 Å². The molecule has 0 aliphatic carbocycles. The Morgan fingerprint density at radius 1 is 1.43 bits per heavy atom. The summed E-state index contributed by atoms with van der Waals surface area (Å²) < 4.78 is 0. The fourth-order valence-corrected chi connectivity index (χ4v) is 1.28. The first-order chi connectivity index (χ1) is 6.61. The Morgan fingerprint density at radius 3 is 2.64 bits per heavy atom. The van der Waals surface area contributed by atoms with E-state index in [1.165, 1.54) is 0 Å². The molecule has 4 heteroatoms. The minimum atomic E-state index is -0.838. The standard InChI is InChI=1S/C10H14N2O2/c11-8-4-2-1-3-7(8)9(12)5-6-10(13)14/h1-4,9H,5-6,11-12H2,(H,13,14)/t9-/m1/s1. The van der Waals surface area contributed by atoms with Gasteiger partial charge in [0.25, 0.3) is 0 Å². The van der Waals surface area contributed by atoms with Gasteiger partial charge in [0.05, 0.1) is 0 Å². The van der Waals surface area contributed by atoms with Gasteiger partial charge in [0, 0.05) is 18.2 Å². The second-order valence-electron chi connectivity index (χ2n) is 3.17. The lowest BCUT2D eigenvalue weighted by Crippen LogP contribution is -2.13. The fourth-order valence-electron chi connectivity index (χ4n) is 1.28. The summed E-state index contributed by atoms with van der Waals surface area (Å²) >= 11 is 0. The summed E-state index contributed by atoms with van der Waals surface area (Å²) in [7, 11) is 0. The van der Waals surface area contributed by atoms with E-state index in [-0.39, 0.29) is 12.5 Å². The first kappa shape index (κ1) is 10.5. The predicted molar refractivity (Wildman–Crippen MR) is 54.7 cm³/mol. The lowest BCUT2D eigenvalue weighted by Gasteiger charge is -2.12. The minimum absolute atomic E-state index is 0.0650. The number of para-hydroxylation sites is 1. The Balaban J connectivity index is 2.65. The number of benzene rings is 1. The predicted octanol–water partition coefficient (Wildman–Crippen LogP) is 1.13. The maximum atomic E-state index is 10.3. The van der Waals surface area contributed by atoms with Crippen molar-refractivity contribution in [2.45, 2.75) is 18.9 Å². The molecule has 0 fully saturated rings. The van der Waals surface area contributed by atoms with E-state index in [1.807, 2.05) is 18.2 Å². The molecule has 0 amide bonds. The van der Waals surface area contributed by atoms with Crippen molar-refractivity contribution in [3.63, 3.8) is 0 Å². The Morgan fingerprint density at radius 2 is 2.07 bits per heavy atom. The molecule has 0 saturated heterocycles. The van der Waals surface area contributed by atoms with Gasteiger partial charge in [-0.1, -0.05) is 18.2 Å². The van der Waals surface area contributed by atoms with Crippen LogP contribution in [0.3, 0.4) is 0 Å². The molecule has 0 unspecified atom stereocenters. The Bertz CT molecular complexity index is 326. The van der Waals surface area contributed by atoms with E-state index in [9.17, 15) is 4.79 Å². The van der Waals surface area contributed by atoms with Gasteiger partial charge in [-0.3, -0.25) is 4.79 Å². The topological polar surface area (TPSA) is 89.3 Å². The number of carboxylic acid groups (broad SMARTS) is 1. The van der Waals surface area contributed by atoms with E-state index in [0.717, 1.165) is 5.56 Å². The van der Waals surface area contributed by atoms with Gasteiger partial charge in [-0.15, -0.1) is 0 Å². The third kappa shape index (κ3) is 2.74. The highest BCUT2D eigenvalue weighted by Crippen LogP contribution is 2.21. The Labute approximate surface area is 82.5 Å². The summed E-state index contributed by atoms with van der Waals surface area (Å²) in [5, 5.41) is 8.49. The van der Waals surface area contributed by atoms with Crippen LogP contribution in [0, 0.1) is 0 Å². The van der Waals surface area contributed by atoms with Gasteiger partial charge in [-0.25, -0.2) is 0 Å². The van der Waals surface area contributed by atoms with Crippen LogP contribution >= 0.6 is 0 Å². The number of anilines is 1. The number of carboxylic acids is 1. The van der Waals surface area contributed by atoms with E-state index in [4.69, 9.17) is 16.6 Å². The van der Waals surface area contributed by atoms with Gasteiger partial charge in [-0.05, 0) is 18.1 Å². The Kier molecular flexibility index (Phi) is 3.48. The monoisotopic (exact) mass is 194 g/mol. The molecule has 14 heavy (non-hydrogen) atoms. The lowest BCUT2D eigenvalue weighted by molar-refractivity contribution is -0.137. The highest BCUT2D eigenvalue weighted by molar-refractivity contribution is 5.66. The van der Waals surface area contributed by atoms with E-state index in [2.05, 4.69) is 0 Å². The minimum Gasteiger partial charge on any atom is -0.481 e. The van der Waals surface area contributed by atoms with Gasteiger partial charge >= 0.3 is 5.97 Å². The zero-order valence-corrected chi connectivity index (χ0v) is 7.81. The summed E-state index contributed by atoms with van der Waals surface area (Å²) in [6.45, 7) is 0. The smallest absolute Gasteiger partial charge is 0.303 e. The SMILES string of the molecule is Nc1ccccc1[C@H](N)CCC(=O)O. The van der Waals surface area contributed by atoms with Gasteiger partial charge in [0.1, 0.15) is 0 Å². The summed E-state index contributed by atoms with van der Waals surface area (Å²) in [5.74, 6) is -0.838. The summed E-state index contributed by atoms with van der Waals surface area (Å²) in [4.78, 5) is 10.3. The van der Waals surface area contributed by atoms with Gasteiger partial charge in [0.2, 0.25) is 0 Å². The van der Waals surface area contributed by atoms with Crippen molar-refractivity contribution >= 4 is 11.7 Å². The molecular weight excluding hydrogens is 180 g/mol. The fraction of sp³-hybridized carbons (Fsp3) is 0.300. The normalized spacial score (nSPS) is 12.4. The molecule has 0 spiro atoms. The van der Waals surface area contributed by atoms with Crippen LogP contribution in [0.4, 0.5) is 5.69 Å². The molecule has 0 saturated carbocycles. The van der Waals surface area contributed by atoms with Crippen LogP contribution in [0.25, 0.3) is 0 Å². The third-order valence-electron chi connectivity index (χ3n) is 2.06. The van der Waals surface area contributed by atoms with Crippen LogP contribution in [0.1, 0.15) is 24.4 Å². The number of carbonyl (C=O) groups is 1. The van der Waals surface area contributed by atoms with Crippen LogP contribution in [0.2, 0.25) is 0 Å². The number of rotatable bonds is 4. The average molecular weight is 194 g/mol. The van der Waals surface area contributed by atoms with Gasteiger partial charge in [-0.2, -0.15) is 0 Å². The van der Waals surface area contributed by atoms with E-state index in [0.29, 0.717) is 12.1 Å². The highest BCUT2D eigenvalue weighted by Gasteiger charge is 2.10. The van der Waals surface area contributed by atoms with Crippen molar-refractivity contribution in [1.82, 2.24) is 0 Å². The van der Waals surface area contributed by atoms with Crippen LogP contribution in [0.5, 0.6) is 0 Å². The molecule has 5 N–H and O–H groups in total. The first-order valence-electron chi connectivity index (χ1n) is 4.43. The van der Waals surface area contributed by atoms with Crippen molar-refractivity contribution in [1.29, 1.82) is 0 Å². The largest absolute Gasteiger partial charge is 0.481 e. The number of aliphatic carboxylic acids is 1. The summed E-state index contributed by atoms with van der Waals surface area (Å²) in [5.41, 5.74) is 12.9. The van der Waals surface area contributed by atoms with Crippen molar-refractivity contribution in [3.05, 3.63) is 29.8 Å². The molecule has 76 valence electrons. The molecule has 0 radical (unpaired) electrons. The van der Waals surface area contributed by atoms with E-state index < -0.39 is 5.97 Å². The molecule has 0 heterocycles. The first-order valence-corrected chi connectivity index (χ1v) is 4.43. The van der Waals surface area contributed by atoms with Gasteiger partial charge in [0.15, 0.2) is 0 Å². The molecular formula is C10H14N2O2. The molecule has 0 aliphatic rings. The summed E-state index contributed by atoms with van der Waals surface area (Å²) in [6.07, 6.45) is 0.471. The van der Waals surface area contributed by atoms with Crippen molar-refractivity contribution in [2.75, 3.05) is 5.73 Å². The van der Waals surface area contributed by atoms with Crippen LogP contribution in [-0.4, -0.2) is 11.1 Å². The number of hydrogen-bond donors (Lipinski definition) is 3. The maximum Gasteiger partial charge on any atom is 0.303 e. The second-order valence-corrected chi connectivity index (χ2v) is 3.17.